The number of hydrogen-bond acceptors (Lipinski definition) is 5. The number of nitriles is 1. The second-order valence-corrected chi connectivity index (χ2v) is 5.28. The van der Waals surface area contributed by atoms with Gasteiger partial charge in [0.2, 0.25) is 5.91 Å². The van der Waals surface area contributed by atoms with Crippen molar-refractivity contribution in [2.45, 2.75) is 20.4 Å². The van der Waals surface area contributed by atoms with Crippen molar-refractivity contribution in [3.05, 3.63) is 67.6 Å². The molecule has 8 heteroatoms. The lowest BCUT2D eigenvalue weighted by atomic mass is 10.1. The van der Waals surface area contributed by atoms with Crippen molar-refractivity contribution < 1.29 is 9.72 Å². The molecule has 0 aliphatic heterocycles. The van der Waals surface area contributed by atoms with Crippen LogP contribution in [0.15, 0.2) is 35.3 Å². The van der Waals surface area contributed by atoms with Gasteiger partial charge in [-0.2, -0.15) is 5.26 Å². The lowest BCUT2D eigenvalue weighted by molar-refractivity contribution is -0.385. The molecule has 0 radical (unpaired) electrons. The number of nitrogens with zero attached hydrogens (tertiary/aromatic N) is 3. The summed E-state index contributed by atoms with van der Waals surface area (Å²) in [5.74, 6) is -0.518. The van der Waals surface area contributed by atoms with Crippen LogP contribution in [0.2, 0.25) is 0 Å². The van der Waals surface area contributed by atoms with E-state index in [0.29, 0.717) is 5.69 Å². The average molecular weight is 326 g/mol. The monoisotopic (exact) mass is 326 g/mol. The number of rotatable bonds is 4. The van der Waals surface area contributed by atoms with Gasteiger partial charge in [-0.15, -0.1) is 0 Å². The van der Waals surface area contributed by atoms with Crippen LogP contribution in [0.5, 0.6) is 0 Å². The molecule has 1 amide bonds. The zero-order valence-corrected chi connectivity index (χ0v) is 13.1. The number of nitrogens with one attached hydrogen (secondary N) is 1. The third-order valence-corrected chi connectivity index (χ3v) is 3.38. The lowest BCUT2D eigenvalue weighted by Gasteiger charge is -2.10. The Hall–Kier alpha value is -3.47. The molecule has 0 fully saturated rings. The summed E-state index contributed by atoms with van der Waals surface area (Å²) in [6.07, 6.45) is 0.950. The van der Waals surface area contributed by atoms with Gasteiger partial charge in [-0.3, -0.25) is 24.3 Å². The summed E-state index contributed by atoms with van der Waals surface area (Å²) in [7, 11) is 0. The molecule has 0 unspecified atom stereocenters. The molecule has 2 aromatic rings. The minimum Gasteiger partial charge on any atom is -0.324 e. The summed E-state index contributed by atoms with van der Waals surface area (Å²) in [5, 5.41) is 22.4. The van der Waals surface area contributed by atoms with Crippen LogP contribution in [0.4, 0.5) is 11.4 Å². The number of pyridine rings is 1. The molecule has 0 atom stereocenters. The summed E-state index contributed by atoms with van der Waals surface area (Å²) >= 11 is 0. The van der Waals surface area contributed by atoms with Crippen LogP contribution in [0.25, 0.3) is 0 Å². The van der Waals surface area contributed by atoms with Gasteiger partial charge in [0, 0.05) is 11.8 Å². The molecule has 1 aromatic heterocycles. The van der Waals surface area contributed by atoms with Crippen molar-refractivity contribution >= 4 is 17.3 Å². The number of carbonyl (C=O) groups is 1. The summed E-state index contributed by atoms with van der Waals surface area (Å²) in [6.45, 7) is 3.27. The first kappa shape index (κ1) is 16.9. The minimum absolute atomic E-state index is 0.385. The number of aromatic nitrogens is 1. The summed E-state index contributed by atoms with van der Waals surface area (Å²) in [6, 6.07) is 8.02. The van der Waals surface area contributed by atoms with Crippen molar-refractivity contribution in [3.63, 3.8) is 0 Å². The van der Waals surface area contributed by atoms with Gasteiger partial charge >= 0.3 is 0 Å². The van der Waals surface area contributed by atoms with Gasteiger partial charge in [-0.05, 0) is 31.0 Å². The third kappa shape index (κ3) is 3.64. The molecule has 1 aromatic carbocycles. The van der Waals surface area contributed by atoms with Crippen LogP contribution in [0, 0.1) is 35.3 Å². The SMILES string of the molecule is Cc1ccc(C)c(NC(=O)Cn2cc([N+](=O)[O-])cc(C#N)c2=O)c1. The highest BCUT2D eigenvalue weighted by atomic mass is 16.6. The highest BCUT2D eigenvalue weighted by Crippen LogP contribution is 2.16. The predicted octanol–water partition coefficient (Wildman–Crippen LogP) is 1.88. The summed E-state index contributed by atoms with van der Waals surface area (Å²) in [5.41, 5.74) is 0.834. The van der Waals surface area contributed by atoms with E-state index in [1.54, 1.807) is 12.1 Å². The average Bonchev–Trinajstić information content (AvgIpc) is 2.52. The first-order valence-corrected chi connectivity index (χ1v) is 6.98. The molecule has 0 saturated carbocycles. The Labute approximate surface area is 137 Å². The number of aryl methyl sites for hydroxylation is 2. The quantitative estimate of drug-likeness (QED) is 0.680. The van der Waals surface area contributed by atoms with Crippen LogP contribution in [0.1, 0.15) is 16.7 Å². The molecular weight excluding hydrogens is 312 g/mol. The molecule has 8 nitrogen and oxygen atoms in total. The molecule has 24 heavy (non-hydrogen) atoms. The Bertz CT molecular complexity index is 925. The van der Waals surface area contributed by atoms with Crippen molar-refractivity contribution in [2.24, 2.45) is 0 Å². The molecule has 0 saturated heterocycles. The van der Waals surface area contributed by atoms with Gasteiger partial charge in [0.15, 0.2) is 0 Å². The maximum Gasteiger partial charge on any atom is 0.287 e. The Morgan fingerprint density at radius 1 is 1.38 bits per heavy atom. The van der Waals surface area contributed by atoms with Crippen LogP contribution < -0.4 is 10.9 Å². The van der Waals surface area contributed by atoms with E-state index < -0.39 is 28.6 Å². The first-order chi connectivity index (χ1) is 11.3. The van der Waals surface area contributed by atoms with Crippen molar-refractivity contribution in [1.82, 2.24) is 4.57 Å². The maximum absolute atomic E-state index is 12.2. The number of anilines is 1. The largest absolute Gasteiger partial charge is 0.324 e. The molecule has 0 spiro atoms. The Morgan fingerprint density at radius 3 is 2.71 bits per heavy atom. The standard InChI is InChI=1S/C16H14N4O4/c1-10-3-4-11(2)14(5-10)18-15(21)9-19-8-13(20(23)24)6-12(7-17)16(19)22/h3-6,8H,9H2,1-2H3,(H,18,21). The van der Waals surface area contributed by atoms with Gasteiger partial charge in [0.05, 0.1) is 11.1 Å². The Morgan fingerprint density at radius 2 is 2.08 bits per heavy atom. The normalized spacial score (nSPS) is 10.0. The number of nitro groups is 1. The van der Waals surface area contributed by atoms with E-state index in [2.05, 4.69) is 5.32 Å². The van der Waals surface area contributed by atoms with Gasteiger partial charge in [0.1, 0.15) is 18.2 Å². The molecule has 1 N–H and O–H groups in total. The number of amides is 1. The van der Waals surface area contributed by atoms with Gasteiger partial charge in [-0.25, -0.2) is 0 Å². The predicted molar refractivity (Wildman–Crippen MR) is 86.6 cm³/mol. The van der Waals surface area contributed by atoms with E-state index in [-0.39, 0.29) is 5.56 Å². The third-order valence-electron chi connectivity index (χ3n) is 3.38. The van der Waals surface area contributed by atoms with Crippen LogP contribution in [-0.4, -0.2) is 15.4 Å². The Kier molecular flexibility index (Phi) is 4.75. The summed E-state index contributed by atoms with van der Waals surface area (Å²) in [4.78, 5) is 34.3. The molecule has 0 aliphatic rings. The molecule has 2 rings (SSSR count). The van der Waals surface area contributed by atoms with E-state index in [1.807, 2.05) is 26.0 Å². The van der Waals surface area contributed by atoms with Crippen molar-refractivity contribution in [3.8, 4) is 6.07 Å². The van der Waals surface area contributed by atoms with E-state index in [1.165, 1.54) is 0 Å². The number of benzene rings is 1. The van der Waals surface area contributed by atoms with E-state index in [4.69, 9.17) is 5.26 Å². The van der Waals surface area contributed by atoms with Crippen LogP contribution >= 0.6 is 0 Å². The topological polar surface area (TPSA) is 118 Å². The maximum atomic E-state index is 12.2. The number of carbonyl (C=O) groups excluding carboxylic acids is 1. The highest BCUT2D eigenvalue weighted by Gasteiger charge is 2.16. The fourth-order valence-corrected chi connectivity index (χ4v) is 2.13. The lowest BCUT2D eigenvalue weighted by Crippen LogP contribution is -2.29. The van der Waals surface area contributed by atoms with E-state index >= 15 is 0 Å². The zero-order chi connectivity index (χ0) is 17.9. The second kappa shape index (κ2) is 6.75. The summed E-state index contributed by atoms with van der Waals surface area (Å²) < 4.78 is 0.858. The van der Waals surface area contributed by atoms with Crippen molar-refractivity contribution in [1.29, 1.82) is 5.26 Å². The first-order valence-electron chi connectivity index (χ1n) is 6.98. The molecule has 1 heterocycles. The van der Waals surface area contributed by atoms with Crippen LogP contribution in [0.3, 0.4) is 0 Å². The molecule has 122 valence electrons. The van der Waals surface area contributed by atoms with Crippen LogP contribution in [-0.2, 0) is 11.3 Å². The van der Waals surface area contributed by atoms with Gasteiger partial charge < -0.3 is 5.32 Å². The van der Waals surface area contributed by atoms with Gasteiger partial charge in [-0.1, -0.05) is 12.1 Å². The van der Waals surface area contributed by atoms with E-state index in [0.717, 1.165) is 28.0 Å². The fraction of sp³-hybridized carbons (Fsp3) is 0.188. The highest BCUT2D eigenvalue weighted by molar-refractivity contribution is 5.91. The van der Waals surface area contributed by atoms with E-state index in [9.17, 15) is 19.7 Å². The molecule has 0 bridgehead atoms. The fourth-order valence-electron chi connectivity index (χ4n) is 2.13. The van der Waals surface area contributed by atoms with Gasteiger partial charge in [0.25, 0.3) is 11.2 Å². The molecular formula is C16H14N4O4. The second-order valence-electron chi connectivity index (χ2n) is 5.28. The minimum atomic E-state index is -0.751. The smallest absolute Gasteiger partial charge is 0.287 e. The number of hydrogen-bond donors (Lipinski definition) is 1. The Balaban J connectivity index is 2.30. The zero-order valence-electron chi connectivity index (χ0n) is 13.1. The molecule has 0 aliphatic carbocycles. The van der Waals surface area contributed by atoms with Crippen molar-refractivity contribution in [2.75, 3.05) is 5.32 Å².